The van der Waals surface area contributed by atoms with Gasteiger partial charge in [-0.1, -0.05) is 31.2 Å². The van der Waals surface area contributed by atoms with Gasteiger partial charge in [-0.3, -0.25) is 14.5 Å². The van der Waals surface area contributed by atoms with Crippen LogP contribution in [-0.2, 0) is 37.3 Å². The second-order valence-electron chi connectivity index (χ2n) is 14.0. The van der Waals surface area contributed by atoms with E-state index in [-0.39, 0.29) is 36.8 Å². The largest absolute Gasteiger partial charge is 0.381 e. The lowest BCUT2D eigenvalue weighted by atomic mass is 10.0. The van der Waals surface area contributed by atoms with Crippen LogP contribution >= 0.6 is 0 Å². The van der Waals surface area contributed by atoms with E-state index in [0.717, 1.165) is 84.7 Å². The zero-order valence-corrected chi connectivity index (χ0v) is 31.1. The first-order valence-corrected chi connectivity index (χ1v) is 19.1. The standard InChI is InChI=1S/C42H49FN8O3/c1-3-38-36(39(48-35-11-17-54-18-12-35)37-26-47-51(4-2)40(37)49-38)25-46-42(53)32-10-6-9-31(22-32)41(52)45-24-29-20-33(23-34(43)21-29)30-8-5-7-28(19-30)27-50-15-13-44-14-16-50/h5-10,19-23,26,35,44H,3-4,11-18,24-25,27H2,1-2H3,(H,45,52)(H,46,53)(H,48,49). The average molecular weight is 733 g/mol. The summed E-state index contributed by atoms with van der Waals surface area (Å²) in [5.74, 6) is -1.02. The summed E-state index contributed by atoms with van der Waals surface area (Å²) in [6.45, 7) is 11.4. The van der Waals surface area contributed by atoms with Crippen molar-refractivity contribution < 1.29 is 18.7 Å². The number of ether oxygens (including phenoxy) is 1. The molecule has 3 aromatic carbocycles. The van der Waals surface area contributed by atoms with E-state index < -0.39 is 0 Å². The minimum Gasteiger partial charge on any atom is -0.381 e. The SMILES string of the molecule is CCc1nc2c(cnn2CC)c(NC2CCOCC2)c1CNC(=O)c1cccc(C(=O)NCc2cc(F)cc(-c3cccc(CN4CCNCC4)c3)c2)c1. The van der Waals surface area contributed by atoms with Gasteiger partial charge in [0.05, 0.1) is 17.3 Å². The summed E-state index contributed by atoms with van der Waals surface area (Å²) in [5.41, 5.74) is 7.79. The number of rotatable bonds is 13. The number of fused-ring (bicyclic) bond motifs is 1. The van der Waals surface area contributed by atoms with Crippen molar-refractivity contribution in [2.75, 3.05) is 44.7 Å². The molecular weight excluding hydrogens is 684 g/mol. The molecule has 2 aromatic heterocycles. The highest BCUT2D eigenvalue weighted by Crippen LogP contribution is 2.31. The summed E-state index contributed by atoms with van der Waals surface area (Å²) >= 11 is 0. The van der Waals surface area contributed by atoms with Gasteiger partial charge in [0.1, 0.15) is 5.82 Å². The van der Waals surface area contributed by atoms with Gasteiger partial charge in [-0.05, 0) is 90.9 Å². The molecule has 5 aromatic rings. The Bertz CT molecular complexity index is 2110. The highest BCUT2D eigenvalue weighted by molar-refractivity contribution is 6.00. The van der Waals surface area contributed by atoms with Crippen molar-refractivity contribution in [3.63, 3.8) is 0 Å². The molecule has 2 aliphatic rings. The normalized spacial score (nSPS) is 15.3. The fraction of sp³-hybridized carbons (Fsp3) is 0.381. The Balaban J connectivity index is 1.02. The second-order valence-corrected chi connectivity index (χ2v) is 14.0. The van der Waals surface area contributed by atoms with Crippen molar-refractivity contribution in [3.8, 4) is 11.1 Å². The van der Waals surface area contributed by atoms with Gasteiger partial charge >= 0.3 is 0 Å². The Morgan fingerprint density at radius 1 is 0.889 bits per heavy atom. The summed E-state index contributed by atoms with van der Waals surface area (Å²) in [6, 6.07) is 19.9. The van der Waals surface area contributed by atoms with Gasteiger partial charge < -0.3 is 26.0 Å². The number of halogens is 1. The third-order valence-electron chi connectivity index (χ3n) is 10.3. The van der Waals surface area contributed by atoms with Crippen LogP contribution in [0.25, 0.3) is 22.2 Å². The molecule has 7 rings (SSSR count). The summed E-state index contributed by atoms with van der Waals surface area (Å²) in [7, 11) is 0. The van der Waals surface area contributed by atoms with Crippen LogP contribution in [0.3, 0.4) is 0 Å². The molecule has 0 unspecified atom stereocenters. The maximum atomic E-state index is 14.9. The van der Waals surface area contributed by atoms with Crippen LogP contribution in [-0.4, -0.2) is 76.9 Å². The van der Waals surface area contributed by atoms with Crippen LogP contribution in [0.4, 0.5) is 10.1 Å². The minimum absolute atomic E-state index is 0.132. The van der Waals surface area contributed by atoms with E-state index in [4.69, 9.17) is 9.72 Å². The number of nitrogens with zero attached hydrogens (tertiary/aromatic N) is 4. The van der Waals surface area contributed by atoms with Crippen molar-refractivity contribution in [1.29, 1.82) is 0 Å². The first-order chi connectivity index (χ1) is 26.4. The Kier molecular flexibility index (Phi) is 11.9. The van der Waals surface area contributed by atoms with Crippen LogP contribution in [0.5, 0.6) is 0 Å². The van der Waals surface area contributed by atoms with Crippen LogP contribution < -0.4 is 21.3 Å². The van der Waals surface area contributed by atoms with E-state index in [1.54, 1.807) is 24.3 Å². The lowest BCUT2D eigenvalue weighted by Crippen LogP contribution is -2.42. The number of amides is 2. The number of carbonyl (C=O) groups excluding carboxylic acids is 2. The maximum Gasteiger partial charge on any atom is 0.251 e. The summed E-state index contributed by atoms with van der Waals surface area (Å²) in [6.07, 6.45) is 4.31. The van der Waals surface area contributed by atoms with Gasteiger partial charge in [0, 0.05) is 94.0 Å². The third kappa shape index (κ3) is 8.78. The molecule has 282 valence electrons. The molecule has 4 N–H and O–H groups in total. The number of anilines is 1. The summed E-state index contributed by atoms with van der Waals surface area (Å²) < 4.78 is 22.3. The molecular formula is C42H49FN8O3. The number of pyridine rings is 1. The quantitative estimate of drug-likeness (QED) is 0.122. The number of benzene rings is 3. The number of hydrogen-bond acceptors (Lipinski definition) is 8. The molecule has 2 amide bonds. The zero-order chi connectivity index (χ0) is 37.4. The van der Waals surface area contributed by atoms with Gasteiger partial charge in [-0.2, -0.15) is 5.10 Å². The highest BCUT2D eigenvalue weighted by atomic mass is 19.1. The molecule has 0 saturated carbocycles. The van der Waals surface area contributed by atoms with E-state index in [0.29, 0.717) is 42.9 Å². The monoisotopic (exact) mass is 732 g/mol. The van der Waals surface area contributed by atoms with E-state index in [2.05, 4.69) is 50.3 Å². The molecule has 0 radical (unpaired) electrons. The fourth-order valence-electron chi connectivity index (χ4n) is 7.35. The molecule has 0 aliphatic carbocycles. The molecule has 4 heterocycles. The first-order valence-electron chi connectivity index (χ1n) is 19.1. The van der Waals surface area contributed by atoms with E-state index in [1.165, 1.54) is 17.7 Å². The Morgan fingerprint density at radius 3 is 2.35 bits per heavy atom. The summed E-state index contributed by atoms with van der Waals surface area (Å²) in [5, 5.41) is 18.6. The predicted molar refractivity (Wildman–Crippen MR) is 209 cm³/mol. The number of aromatic nitrogens is 3. The number of hydrogen-bond donors (Lipinski definition) is 4. The van der Waals surface area contributed by atoms with Crippen molar-refractivity contribution in [2.45, 2.75) is 65.3 Å². The molecule has 2 fully saturated rings. The molecule has 11 nitrogen and oxygen atoms in total. The van der Waals surface area contributed by atoms with Crippen LogP contribution in [0, 0.1) is 5.82 Å². The van der Waals surface area contributed by atoms with E-state index >= 15 is 0 Å². The minimum atomic E-state index is -0.367. The highest BCUT2D eigenvalue weighted by Gasteiger charge is 2.22. The molecule has 2 saturated heterocycles. The first kappa shape index (κ1) is 37.2. The number of nitrogens with one attached hydrogen (secondary N) is 4. The van der Waals surface area contributed by atoms with Crippen LogP contribution in [0.15, 0.2) is 72.9 Å². The molecule has 12 heteroatoms. The second kappa shape index (κ2) is 17.3. The average Bonchev–Trinajstić information content (AvgIpc) is 3.63. The van der Waals surface area contributed by atoms with Gasteiger partial charge in [0.2, 0.25) is 0 Å². The van der Waals surface area contributed by atoms with Crippen molar-refractivity contribution in [3.05, 3.63) is 112 Å². The van der Waals surface area contributed by atoms with E-state index in [1.807, 2.05) is 36.0 Å². The topological polar surface area (TPSA) is 125 Å². The number of piperazine rings is 1. The number of aryl methyl sites for hydroxylation is 2. The molecule has 0 spiro atoms. The Labute approximate surface area is 315 Å². The van der Waals surface area contributed by atoms with E-state index in [9.17, 15) is 14.0 Å². The van der Waals surface area contributed by atoms with Crippen molar-refractivity contribution >= 4 is 28.5 Å². The lowest BCUT2D eigenvalue weighted by molar-refractivity contribution is 0.0904. The number of carbonyl (C=O) groups is 2. The van der Waals surface area contributed by atoms with Gasteiger partial charge in [0.25, 0.3) is 11.8 Å². The third-order valence-corrected chi connectivity index (χ3v) is 10.3. The Morgan fingerprint density at radius 2 is 1.61 bits per heavy atom. The maximum absolute atomic E-state index is 14.9. The van der Waals surface area contributed by atoms with Crippen LogP contribution in [0.1, 0.15) is 69.8 Å². The predicted octanol–water partition coefficient (Wildman–Crippen LogP) is 5.68. The van der Waals surface area contributed by atoms with Crippen molar-refractivity contribution in [2.24, 2.45) is 0 Å². The summed E-state index contributed by atoms with van der Waals surface area (Å²) in [4.78, 5) is 34.3. The molecule has 0 bridgehead atoms. The fourth-order valence-corrected chi connectivity index (χ4v) is 7.35. The smallest absolute Gasteiger partial charge is 0.251 e. The van der Waals surface area contributed by atoms with Gasteiger partial charge in [0.15, 0.2) is 5.65 Å². The molecule has 0 atom stereocenters. The van der Waals surface area contributed by atoms with Gasteiger partial charge in [-0.25, -0.2) is 14.1 Å². The van der Waals surface area contributed by atoms with Crippen molar-refractivity contribution in [1.82, 2.24) is 35.6 Å². The zero-order valence-electron chi connectivity index (χ0n) is 31.1. The van der Waals surface area contributed by atoms with Crippen LogP contribution in [0.2, 0.25) is 0 Å². The molecule has 54 heavy (non-hydrogen) atoms. The molecule has 2 aliphatic heterocycles. The van der Waals surface area contributed by atoms with Gasteiger partial charge in [-0.15, -0.1) is 0 Å². The lowest BCUT2D eigenvalue weighted by Gasteiger charge is -2.27. The Hall–Kier alpha value is -5.17.